The average molecular weight is 262 g/mol. The van der Waals surface area contributed by atoms with Gasteiger partial charge in [0.05, 0.1) is 0 Å². The van der Waals surface area contributed by atoms with E-state index in [0.717, 1.165) is 56.9 Å². The van der Waals surface area contributed by atoms with Crippen molar-refractivity contribution >= 4 is 5.95 Å². The lowest BCUT2D eigenvalue weighted by atomic mass is 10.1. The lowest BCUT2D eigenvalue weighted by molar-refractivity contribution is 0.0320. The number of anilines is 1. The van der Waals surface area contributed by atoms with Gasteiger partial charge in [-0.3, -0.25) is 4.90 Å². The molecule has 19 heavy (non-hydrogen) atoms. The Morgan fingerprint density at radius 3 is 2.32 bits per heavy atom. The summed E-state index contributed by atoms with van der Waals surface area (Å²) in [6.07, 6.45) is 6.16. The number of aromatic nitrogens is 2. The highest BCUT2D eigenvalue weighted by Gasteiger charge is 2.26. The second kappa shape index (κ2) is 5.84. The van der Waals surface area contributed by atoms with Crippen molar-refractivity contribution < 1.29 is 4.74 Å². The summed E-state index contributed by atoms with van der Waals surface area (Å²) in [6.45, 7) is 8.15. The lowest BCUT2D eigenvalue weighted by Crippen LogP contribution is -2.52. The molecule has 5 heteroatoms. The van der Waals surface area contributed by atoms with Crippen LogP contribution in [0.1, 0.15) is 18.4 Å². The molecule has 0 atom stereocenters. The van der Waals surface area contributed by atoms with Crippen LogP contribution in [0.25, 0.3) is 0 Å². The summed E-state index contributed by atoms with van der Waals surface area (Å²) in [5, 5.41) is 0. The van der Waals surface area contributed by atoms with Gasteiger partial charge >= 0.3 is 0 Å². The molecule has 5 nitrogen and oxygen atoms in total. The van der Waals surface area contributed by atoms with Gasteiger partial charge in [-0.25, -0.2) is 9.97 Å². The summed E-state index contributed by atoms with van der Waals surface area (Å²) in [5.41, 5.74) is 1.12. The second-order valence-electron chi connectivity index (χ2n) is 5.43. The van der Waals surface area contributed by atoms with Crippen LogP contribution in [0.15, 0.2) is 12.4 Å². The van der Waals surface area contributed by atoms with E-state index >= 15 is 0 Å². The van der Waals surface area contributed by atoms with Crippen molar-refractivity contribution in [2.75, 3.05) is 44.3 Å². The van der Waals surface area contributed by atoms with Crippen LogP contribution < -0.4 is 4.90 Å². The largest absolute Gasteiger partial charge is 0.381 e. The van der Waals surface area contributed by atoms with Gasteiger partial charge in [-0.05, 0) is 25.3 Å². The fraction of sp³-hybridized carbons (Fsp3) is 0.714. The SMILES string of the molecule is Cc1cnc(N2CCN(C3CCOCC3)CC2)nc1. The summed E-state index contributed by atoms with van der Waals surface area (Å²) in [5.74, 6) is 0.872. The standard InChI is InChI=1S/C14H22N4O/c1-12-10-15-14(16-11-12)18-6-4-17(5-7-18)13-2-8-19-9-3-13/h10-11,13H,2-9H2,1H3. The summed E-state index contributed by atoms with van der Waals surface area (Å²) in [6, 6.07) is 0.717. The van der Waals surface area contributed by atoms with Crippen LogP contribution in [0.5, 0.6) is 0 Å². The van der Waals surface area contributed by atoms with Crippen LogP contribution in [0, 0.1) is 6.92 Å². The van der Waals surface area contributed by atoms with Gasteiger partial charge < -0.3 is 9.64 Å². The minimum absolute atomic E-state index is 0.717. The van der Waals surface area contributed by atoms with E-state index in [1.807, 2.05) is 19.3 Å². The molecule has 2 aliphatic rings. The maximum atomic E-state index is 5.44. The van der Waals surface area contributed by atoms with E-state index in [2.05, 4.69) is 19.8 Å². The molecule has 3 heterocycles. The van der Waals surface area contributed by atoms with Crippen molar-refractivity contribution in [3.63, 3.8) is 0 Å². The number of aryl methyl sites for hydroxylation is 1. The van der Waals surface area contributed by atoms with Gasteiger partial charge in [0.2, 0.25) is 5.95 Å². The normalized spacial score (nSPS) is 22.7. The number of piperazine rings is 1. The van der Waals surface area contributed by atoms with Crippen LogP contribution in [-0.4, -0.2) is 60.3 Å². The lowest BCUT2D eigenvalue weighted by Gasteiger charge is -2.40. The Morgan fingerprint density at radius 2 is 1.68 bits per heavy atom. The summed E-state index contributed by atoms with van der Waals surface area (Å²) >= 11 is 0. The zero-order chi connectivity index (χ0) is 13.1. The highest BCUT2D eigenvalue weighted by atomic mass is 16.5. The third-order valence-corrected chi connectivity index (χ3v) is 4.07. The third-order valence-electron chi connectivity index (χ3n) is 4.07. The number of nitrogens with zero attached hydrogens (tertiary/aromatic N) is 4. The van der Waals surface area contributed by atoms with Crippen LogP contribution in [-0.2, 0) is 4.74 Å². The Hall–Kier alpha value is -1.20. The predicted octanol–water partition coefficient (Wildman–Crippen LogP) is 1.09. The fourth-order valence-electron chi connectivity index (χ4n) is 2.89. The maximum absolute atomic E-state index is 5.44. The van der Waals surface area contributed by atoms with Gasteiger partial charge in [0.25, 0.3) is 0 Å². The molecule has 1 aromatic heterocycles. The topological polar surface area (TPSA) is 41.5 Å². The third kappa shape index (κ3) is 3.04. The quantitative estimate of drug-likeness (QED) is 0.798. The number of hydrogen-bond donors (Lipinski definition) is 0. The van der Waals surface area contributed by atoms with E-state index in [1.54, 1.807) is 0 Å². The van der Waals surface area contributed by atoms with Gasteiger partial charge in [-0.1, -0.05) is 0 Å². The molecule has 0 aliphatic carbocycles. The molecule has 0 saturated carbocycles. The Balaban J connectivity index is 1.55. The van der Waals surface area contributed by atoms with E-state index in [9.17, 15) is 0 Å². The Morgan fingerprint density at radius 1 is 1.05 bits per heavy atom. The minimum atomic E-state index is 0.717. The zero-order valence-electron chi connectivity index (χ0n) is 11.6. The number of rotatable bonds is 2. The molecule has 0 unspecified atom stereocenters. The molecule has 0 aromatic carbocycles. The average Bonchev–Trinajstić information content (AvgIpc) is 2.49. The molecule has 104 valence electrons. The highest BCUT2D eigenvalue weighted by molar-refractivity contribution is 5.30. The van der Waals surface area contributed by atoms with Crippen molar-refractivity contribution in [2.24, 2.45) is 0 Å². The Bertz CT molecular complexity index is 394. The number of hydrogen-bond acceptors (Lipinski definition) is 5. The smallest absolute Gasteiger partial charge is 0.225 e. The molecule has 2 saturated heterocycles. The Kier molecular flexibility index (Phi) is 3.94. The first kappa shape index (κ1) is 12.8. The summed E-state index contributed by atoms with van der Waals surface area (Å²) < 4.78 is 5.44. The molecular formula is C14H22N4O. The zero-order valence-corrected chi connectivity index (χ0v) is 11.6. The molecule has 1 aromatic rings. The van der Waals surface area contributed by atoms with Crippen molar-refractivity contribution in [3.05, 3.63) is 18.0 Å². The molecule has 0 bridgehead atoms. The molecule has 0 spiro atoms. The van der Waals surface area contributed by atoms with Crippen molar-refractivity contribution in [1.29, 1.82) is 0 Å². The van der Waals surface area contributed by atoms with Crippen molar-refractivity contribution in [2.45, 2.75) is 25.8 Å². The van der Waals surface area contributed by atoms with Gasteiger partial charge in [0.15, 0.2) is 0 Å². The fourth-order valence-corrected chi connectivity index (χ4v) is 2.89. The summed E-state index contributed by atoms with van der Waals surface area (Å²) in [7, 11) is 0. The minimum Gasteiger partial charge on any atom is -0.381 e. The summed E-state index contributed by atoms with van der Waals surface area (Å²) in [4.78, 5) is 13.7. The first-order valence-electron chi connectivity index (χ1n) is 7.18. The monoisotopic (exact) mass is 262 g/mol. The molecular weight excluding hydrogens is 240 g/mol. The predicted molar refractivity (Wildman–Crippen MR) is 74.4 cm³/mol. The maximum Gasteiger partial charge on any atom is 0.225 e. The van der Waals surface area contributed by atoms with E-state index in [-0.39, 0.29) is 0 Å². The first-order chi connectivity index (χ1) is 9.33. The molecule has 0 amide bonds. The number of ether oxygens (including phenoxy) is 1. The van der Waals surface area contributed by atoms with Gasteiger partial charge in [0.1, 0.15) is 0 Å². The van der Waals surface area contributed by atoms with Gasteiger partial charge in [0, 0.05) is 57.8 Å². The molecule has 0 N–H and O–H groups in total. The van der Waals surface area contributed by atoms with Crippen molar-refractivity contribution in [3.8, 4) is 0 Å². The first-order valence-corrected chi connectivity index (χ1v) is 7.18. The van der Waals surface area contributed by atoms with Crippen LogP contribution >= 0.6 is 0 Å². The molecule has 2 fully saturated rings. The van der Waals surface area contributed by atoms with Crippen molar-refractivity contribution in [1.82, 2.24) is 14.9 Å². The van der Waals surface area contributed by atoms with E-state index in [0.29, 0.717) is 0 Å². The van der Waals surface area contributed by atoms with Crippen LogP contribution in [0.3, 0.4) is 0 Å². The Labute approximate surface area is 114 Å². The molecule has 2 aliphatic heterocycles. The van der Waals surface area contributed by atoms with E-state index in [4.69, 9.17) is 4.74 Å². The van der Waals surface area contributed by atoms with Gasteiger partial charge in [-0.2, -0.15) is 0 Å². The molecule has 3 rings (SSSR count). The van der Waals surface area contributed by atoms with E-state index in [1.165, 1.54) is 12.8 Å². The van der Waals surface area contributed by atoms with E-state index < -0.39 is 0 Å². The highest BCUT2D eigenvalue weighted by Crippen LogP contribution is 2.18. The van der Waals surface area contributed by atoms with Crippen LogP contribution in [0.4, 0.5) is 5.95 Å². The van der Waals surface area contributed by atoms with Gasteiger partial charge in [-0.15, -0.1) is 0 Å². The second-order valence-corrected chi connectivity index (χ2v) is 5.43. The van der Waals surface area contributed by atoms with Crippen LogP contribution in [0.2, 0.25) is 0 Å². The molecule has 0 radical (unpaired) electrons.